The molecule has 1 aliphatic rings. The Kier molecular flexibility index (Phi) is 6.57. The number of nitrogens with zero attached hydrogens (tertiary/aromatic N) is 1. The molecule has 1 atom stereocenters. The van der Waals surface area contributed by atoms with E-state index in [0.717, 1.165) is 25.9 Å². The van der Waals surface area contributed by atoms with Gasteiger partial charge in [0.1, 0.15) is 5.75 Å². The van der Waals surface area contributed by atoms with Crippen LogP contribution in [0.2, 0.25) is 5.02 Å². The molecule has 1 saturated heterocycles. The molecule has 6 heteroatoms. The van der Waals surface area contributed by atoms with E-state index in [1.807, 2.05) is 4.90 Å². The molecule has 2 aromatic rings. The van der Waals surface area contributed by atoms with Crippen LogP contribution >= 0.6 is 11.6 Å². The second-order valence-corrected chi connectivity index (χ2v) is 7.70. The number of nitrogens with one attached hydrogen (secondary N) is 1. The van der Waals surface area contributed by atoms with E-state index in [0.29, 0.717) is 27.9 Å². The SMILES string of the molecule is CC1CCN(C(=O)c2cccc(NC(=O)C(C)Oc3ccc(Cl)cc3)c2)CC1. The van der Waals surface area contributed by atoms with E-state index in [1.54, 1.807) is 55.5 Å². The molecule has 1 unspecified atom stereocenters. The van der Waals surface area contributed by atoms with Crippen molar-refractivity contribution >= 4 is 29.1 Å². The Morgan fingerprint density at radius 3 is 2.50 bits per heavy atom. The highest BCUT2D eigenvalue weighted by Crippen LogP contribution is 2.20. The lowest BCUT2D eigenvalue weighted by Crippen LogP contribution is -2.38. The molecule has 2 aromatic carbocycles. The Morgan fingerprint density at radius 2 is 1.82 bits per heavy atom. The van der Waals surface area contributed by atoms with Crippen molar-refractivity contribution in [3.63, 3.8) is 0 Å². The third kappa shape index (κ3) is 5.26. The Labute approximate surface area is 170 Å². The summed E-state index contributed by atoms with van der Waals surface area (Å²) in [6.07, 6.45) is 1.37. The van der Waals surface area contributed by atoms with Crippen LogP contribution in [0.5, 0.6) is 5.75 Å². The molecule has 148 valence electrons. The molecule has 3 rings (SSSR count). The summed E-state index contributed by atoms with van der Waals surface area (Å²) in [5.74, 6) is 0.951. The Bertz CT molecular complexity index is 830. The summed E-state index contributed by atoms with van der Waals surface area (Å²) in [5, 5.41) is 3.42. The third-order valence-electron chi connectivity index (χ3n) is 4.94. The van der Waals surface area contributed by atoms with Gasteiger partial charge in [0.2, 0.25) is 0 Å². The Morgan fingerprint density at radius 1 is 1.14 bits per heavy atom. The maximum absolute atomic E-state index is 12.7. The number of anilines is 1. The number of piperidine rings is 1. The highest BCUT2D eigenvalue weighted by molar-refractivity contribution is 6.30. The average Bonchev–Trinajstić information content (AvgIpc) is 2.70. The molecule has 0 aliphatic carbocycles. The average molecular weight is 401 g/mol. The number of carbonyl (C=O) groups excluding carboxylic acids is 2. The zero-order valence-corrected chi connectivity index (χ0v) is 16.9. The van der Waals surface area contributed by atoms with Gasteiger partial charge in [-0.3, -0.25) is 9.59 Å². The highest BCUT2D eigenvalue weighted by atomic mass is 35.5. The predicted molar refractivity (Wildman–Crippen MR) is 111 cm³/mol. The second-order valence-electron chi connectivity index (χ2n) is 7.26. The molecule has 1 N–H and O–H groups in total. The summed E-state index contributed by atoms with van der Waals surface area (Å²) in [5.41, 5.74) is 1.16. The fourth-order valence-corrected chi connectivity index (χ4v) is 3.26. The van der Waals surface area contributed by atoms with Crippen LogP contribution in [-0.4, -0.2) is 35.9 Å². The van der Waals surface area contributed by atoms with Crippen LogP contribution in [0.4, 0.5) is 5.69 Å². The monoisotopic (exact) mass is 400 g/mol. The molecule has 5 nitrogen and oxygen atoms in total. The molecule has 0 bridgehead atoms. The van der Waals surface area contributed by atoms with Gasteiger partial charge in [-0.15, -0.1) is 0 Å². The highest BCUT2D eigenvalue weighted by Gasteiger charge is 2.22. The van der Waals surface area contributed by atoms with Crippen LogP contribution < -0.4 is 10.1 Å². The lowest BCUT2D eigenvalue weighted by Gasteiger charge is -2.30. The quantitative estimate of drug-likeness (QED) is 0.796. The first-order valence-corrected chi connectivity index (χ1v) is 9.92. The first-order chi connectivity index (χ1) is 13.4. The number of halogens is 1. The molecule has 0 radical (unpaired) electrons. The fraction of sp³-hybridized carbons (Fsp3) is 0.364. The van der Waals surface area contributed by atoms with Crippen molar-refractivity contribution in [1.82, 2.24) is 4.90 Å². The number of hydrogen-bond donors (Lipinski definition) is 1. The number of likely N-dealkylation sites (tertiary alicyclic amines) is 1. The van der Waals surface area contributed by atoms with Crippen molar-refractivity contribution < 1.29 is 14.3 Å². The van der Waals surface area contributed by atoms with Crippen molar-refractivity contribution in [2.24, 2.45) is 5.92 Å². The molecule has 1 heterocycles. The van der Waals surface area contributed by atoms with Gasteiger partial charge in [0.25, 0.3) is 11.8 Å². The van der Waals surface area contributed by atoms with Crippen molar-refractivity contribution in [3.05, 3.63) is 59.1 Å². The molecular weight excluding hydrogens is 376 g/mol. The number of benzene rings is 2. The molecule has 0 saturated carbocycles. The Hall–Kier alpha value is -2.53. The number of amides is 2. The van der Waals surface area contributed by atoms with Gasteiger partial charge in [0, 0.05) is 29.4 Å². The minimum absolute atomic E-state index is 0.00783. The van der Waals surface area contributed by atoms with Crippen molar-refractivity contribution in [1.29, 1.82) is 0 Å². The third-order valence-corrected chi connectivity index (χ3v) is 5.20. The summed E-state index contributed by atoms with van der Waals surface area (Å²) < 4.78 is 5.64. The molecule has 1 aliphatic heterocycles. The van der Waals surface area contributed by atoms with E-state index in [1.165, 1.54) is 0 Å². The largest absolute Gasteiger partial charge is 0.481 e. The molecule has 2 amide bonds. The zero-order chi connectivity index (χ0) is 20.1. The van der Waals surface area contributed by atoms with Crippen LogP contribution in [0.25, 0.3) is 0 Å². The van der Waals surface area contributed by atoms with E-state index in [9.17, 15) is 9.59 Å². The summed E-state index contributed by atoms with van der Waals surface area (Å²) in [4.78, 5) is 27.1. The van der Waals surface area contributed by atoms with Crippen LogP contribution in [0.3, 0.4) is 0 Å². The number of rotatable bonds is 5. The van der Waals surface area contributed by atoms with Gasteiger partial charge >= 0.3 is 0 Å². The van der Waals surface area contributed by atoms with Gasteiger partial charge in [0.15, 0.2) is 6.10 Å². The first kappa shape index (κ1) is 20.2. The normalized spacial score (nSPS) is 15.8. The molecular formula is C22H25ClN2O3. The van der Waals surface area contributed by atoms with Gasteiger partial charge < -0.3 is 15.0 Å². The van der Waals surface area contributed by atoms with E-state index in [4.69, 9.17) is 16.3 Å². The summed E-state index contributed by atoms with van der Waals surface area (Å²) in [7, 11) is 0. The topological polar surface area (TPSA) is 58.6 Å². The predicted octanol–water partition coefficient (Wildman–Crippen LogP) is 4.62. The lowest BCUT2D eigenvalue weighted by molar-refractivity contribution is -0.122. The van der Waals surface area contributed by atoms with Gasteiger partial charge in [-0.2, -0.15) is 0 Å². The minimum atomic E-state index is -0.691. The van der Waals surface area contributed by atoms with Gasteiger partial charge in [-0.05, 0) is 68.1 Å². The molecule has 28 heavy (non-hydrogen) atoms. The standard InChI is InChI=1S/C22H25ClN2O3/c1-15-10-12-25(13-11-15)22(27)17-4-3-5-19(14-17)24-21(26)16(2)28-20-8-6-18(23)7-9-20/h3-9,14-16H,10-13H2,1-2H3,(H,24,26). The van der Waals surface area contributed by atoms with E-state index in [2.05, 4.69) is 12.2 Å². The first-order valence-electron chi connectivity index (χ1n) is 9.55. The van der Waals surface area contributed by atoms with Crippen LogP contribution in [0, 0.1) is 5.92 Å². The number of ether oxygens (including phenoxy) is 1. The van der Waals surface area contributed by atoms with Crippen LogP contribution in [-0.2, 0) is 4.79 Å². The van der Waals surface area contributed by atoms with Crippen LogP contribution in [0.15, 0.2) is 48.5 Å². The second kappa shape index (κ2) is 9.11. The summed E-state index contributed by atoms with van der Waals surface area (Å²) in [6, 6.07) is 13.9. The van der Waals surface area contributed by atoms with E-state index < -0.39 is 6.10 Å². The summed E-state index contributed by atoms with van der Waals surface area (Å²) in [6.45, 7) is 5.45. The Balaban J connectivity index is 1.61. The van der Waals surface area contributed by atoms with Crippen molar-refractivity contribution in [2.45, 2.75) is 32.8 Å². The smallest absolute Gasteiger partial charge is 0.265 e. The maximum Gasteiger partial charge on any atom is 0.265 e. The van der Waals surface area contributed by atoms with Gasteiger partial charge in [0.05, 0.1) is 0 Å². The van der Waals surface area contributed by atoms with Gasteiger partial charge in [-0.25, -0.2) is 0 Å². The van der Waals surface area contributed by atoms with Crippen LogP contribution in [0.1, 0.15) is 37.0 Å². The van der Waals surface area contributed by atoms with Crippen molar-refractivity contribution in [2.75, 3.05) is 18.4 Å². The molecule has 1 fully saturated rings. The maximum atomic E-state index is 12.7. The van der Waals surface area contributed by atoms with E-state index in [-0.39, 0.29) is 11.8 Å². The fourth-order valence-electron chi connectivity index (χ4n) is 3.14. The summed E-state index contributed by atoms with van der Waals surface area (Å²) >= 11 is 5.86. The molecule has 0 spiro atoms. The minimum Gasteiger partial charge on any atom is -0.481 e. The number of carbonyl (C=O) groups is 2. The van der Waals surface area contributed by atoms with E-state index >= 15 is 0 Å². The zero-order valence-electron chi connectivity index (χ0n) is 16.2. The van der Waals surface area contributed by atoms with Gasteiger partial charge in [-0.1, -0.05) is 24.6 Å². The lowest BCUT2D eigenvalue weighted by atomic mass is 9.98. The van der Waals surface area contributed by atoms with Crippen molar-refractivity contribution in [3.8, 4) is 5.75 Å². The number of hydrogen-bond acceptors (Lipinski definition) is 3. The molecule has 0 aromatic heterocycles.